The van der Waals surface area contributed by atoms with Gasteiger partial charge in [0, 0.05) is 42.3 Å². The van der Waals surface area contributed by atoms with Crippen molar-refractivity contribution in [3.05, 3.63) is 35.4 Å². The number of hydrogen-bond acceptors (Lipinski definition) is 4. The second-order valence-corrected chi connectivity index (χ2v) is 4.85. The van der Waals surface area contributed by atoms with Crippen LogP contribution in [0.25, 0.3) is 0 Å². The van der Waals surface area contributed by atoms with Crippen LogP contribution in [0.1, 0.15) is 23.5 Å². The molecule has 3 rings (SSSR count). The van der Waals surface area contributed by atoms with E-state index in [1.165, 1.54) is 5.69 Å². The average Bonchev–Trinajstić information content (AvgIpc) is 2.74. The standard InChI is InChI=1S/C13H17N5/c1-9-7-10(2)16-13(15-9)17-11-4-6-18-12(8-11)3-5-14-18/h3,5,7,11H,4,6,8H2,1-2H3,(H,15,16,17). The SMILES string of the molecule is Cc1cc(C)nc(NC2CCn3nccc3C2)n1. The van der Waals surface area contributed by atoms with Gasteiger partial charge in [-0.15, -0.1) is 0 Å². The average molecular weight is 243 g/mol. The van der Waals surface area contributed by atoms with Crippen LogP contribution in [0.15, 0.2) is 18.3 Å². The van der Waals surface area contributed by atoms with Gasteiger partial charge in [0.2, 0.25) is 5.95 Å². The Kier molecular flexibility index (Phi) is 2.74. The van der Waals surface area contributed by atoms with Crippen molar-refractivity contribution in [2.45, 2.75) is 39.3 Å². The van der Waals surface area contributed by atoms with Gasteiger partial charge in [-0.3, -0.25) is 4.68 Å². The zero-order valence-electron chi connectivity index (χ0n) is 10.7. The fourth-order valence-corrected chi connectivity index (χ4v) is 2.46. The summed E-state index contributed by atoms with van der Waals surface area (Å²) < 4.78 is 2.07. The number of fused-ring (bicyclic) bond motifs is 1. The molecule has 1 atom stereocenters. The van der Waals surface area contributed by atoms with Crippen LogP contribution in [-0.2, 0) is 13.0 Å². The lowest BCUT2D eigenvalue weighted by Crippen LogP contribution is -2.31. The Morgan fingerprint density at radius 3 is 2.83 bits per heavy atom. The minimum absolute atomic E-state index is 0.399. The van der Waals surface area contributed by atoms with E-state index in [2.05, 4.69) is 31.1 Å². The maximum absolute atomic E-state index is 4.43. The van der Waals surface area contributed by atoms with Crippen LogP contribution in [0, 0.1) is 13.8 Å². The van der Waals surface area contributed by atoms with Gasteiger partial charge in [0.1, 0.15) is 0 Å². The molecular formula is C13H17N5. The summed E-state index contributed by atoms with van der Waals surface area (Å²) in [6.45, 7) is 4.95. The number of rotatable bonds is 2. The van der Waals surface area contributed by atoms with E-state index in [4.69, 9.17) is 0 Å². The highest BCUT2D eigenvalue weighted by molar-refractivity contribution is 5.30. The van der Waals surface area contributed by atoms with Crippen LogP contribution in [-0.4, -0.2) is 25.8 Å². The lowest BCUT2D eigenvalue weighted by Gasteiger charge is -2.24. The molecule has 5 heteroatoms. The lowest BCUT2D eigenvalue weighted by atomic mass is 10.0. The molecule has 0 aliphatic carbocycles. The van der Waals surface area contributed by atoms with Crippen molar-refractivity contribution in [1.29, 1.82) is 0 Å². The van der Waals surface area contributed by atoms with Gasteiger partial charge in [-0.25, -0.2) is 9.97 Å². The van der Waals surface area contributed by atoms with Gasteiger partial charge < -0.3 is 5.32 Å². The summed E-state index contributed by atoms with van der Waals surface area (Å²) in [7, 11) is 0. The van der Waals surface area contributed by atoms with Crippen LogP contribution < -0.4 is 5.32 Å². The minimum atomic E-state index is 0.399. The van der Waals surface area contributed by atoms with Gasteiger partial charge in [-0.2, -0.15) is 5.10 Å². The maximum Gasteiger partial charge on any atom is 0.223 e. The van der Waals surface area contributed by atoms with Crippen molar-refractivity contribution in [2.24, 2.45) is 0 Å². The van der Waals surface area contributed by atoms with E-state index in [-0.39, 0.29) is 0 Å². The quantitative estimate of drug-likeness (QED) is 0.872. The first kappa shape index (κ1) is 11.2. The first-order valence-electron chi connectivity index (χ1n) is 6.30. The molecule has 1 aliphatic heterocycles. The first-order valence-corrected chi connectivity index (χ1v) is 6.30. The van der Waals surface area contributed by atoms with Crippen LogP contribution >= 0.6 is 0 Å². The number of aryl methyl sites for hydroxylation is 3. The van der Waals surface area contributed by atoms with Crippen LogP contribution in [0.2, 0.25) is 0 Å². The van der Waals surface area contributed by atoms with E-state index >= 15 is 0 Å². The molecule has 1 N–H and O–H groups in total. The van der Waals surface area contributed by atoms with Crippen molar-refractivity contribution >= 4 is 5.95 Å². The van der Waals surface area contributed by atoms with Crippen LogP contribution in [0.4, 0.5) is 5.95 Å². The van der Waals surface area contributed by atoms with Gasteiger partial charge in [-0.05, 0) is 32.4 Å². The van der Waals surface area contributed by atoms with Gasteiger partial charge in [-0.1, -0.05) is 0 Å². The van der Waals surface area contributed by atoms with Crippen molar-refractivity contribution in [2.75, 3.05) is 5.32 Å². The molecule has 0 amide bonds. The summed E-state index contributed by atoms with van der Waals surface area (Å²) in [6.07, 6.45) is 3.91. The summed E-state index contributed by atoms with van der Waals surface area (Å²) in [5.74, 6) is 0.741. The smallest absolute Gasteiger partial charge is 0.223 e. The number of aromatic nitrogens is 4. The molecule has 0 aromatic carbocycles. The zero-order valence-corrected chi connectivity index (χ0v) is 10.7. The molecule has 0 saturated heterocycles. The first-order chi connectivity index (χ1) is 8.70. The van der Waals surface area contributed by atoms with Crippen molar-refractivity contribution < 1.29 is 0 Å². The second kappa shape index (κ2) is 4.40. The van der Waals surface area contributed by atoms with Gasteiger partial charge in [0.25, 0.3) is 0 Å². The molecule has 18 heavy (non-hydrogen) atoms. The molecule has 0 spiro atoms. The minimum Gasteiger partial charge on any atom is -0.351 e. The summed E-state index contributed by atoms with van der Waals surface area (Å²) in [5, 5.41) is 7.71. The van der Waals surface area contributed by atoms with Crippen molar-refractivity contribution in [3.8, 4) is 0 Å². The predicted molar refractivity (Wildman–Crippen MR) is 69.5 cm³/mol. The normalized spacial score (nSPS) is 18.4. The van der Waals surface area contributed by atoms with E-state index in [1.807, 2.05) is 26.1 Å². The third-order valence-electron chi connectivity index (χ3n) is 3.26. The molecule has 0 radical (unpaired) electrons. The zero-order chi connectivity index (χ0) is 12.5. The monoisotopic (exact) mass is 243 g/mol. The summed E-state index contributed by atoms with van der Waals surface area (Å²) >= 11 is 0. The number of hydrogen-bond donors (Lipinski definition) is 1. The summed E-state index contributed by atoms with van der Waals surface area (Å²) in [5.41, 5.74) is 3.29. The summed E-state index contributed by atoms with van der Waals surface area (Å²) in [4.78, 5) is 8.85. The Bertz CT molecular complexity index is 540. The van der Waals surface area contributed by atoms with Crippen LogP contribution in [0.3, 0.4) is 0 Å². The van der Waals surface area contributed by atoms with E-state index in [1.54, 1.807) is 0 Å². The van der Waals surface area contributed by atoms with E-state index in [0.29, 0.717) is 6.04 Å². The second-order valence-electron chi connectivity index (χ2n) is 4.85. The molecule has 1 unspecified atom stereocenters. The number of nitrogens with zero attached hydrogens (tertiary/aromatic N) is 4. The Balaban J connectivity index is 1.74. The van der Waals surface area contributed by atoms with E-state index < -0.39 is 0 Å². The molecule has 94 valence electrons. The Hall–Kier alpha value is -1.91. The van der Waals surface area contributed by atoms with Gasteiger partial charge in [0.05, 0.1) is 0 Å². The molecule has 0 fully saturated rings. The molecule has 1 aliphatic rings. The van der Waals surface area contributed by atoms with Crippen LogP contribution in [0.5, 0.6) is 0 Å². The highest BCUT2D eigenvalue weighted by atomic mass is 15.3. The van der Waals surface area contributed by atoms with Gasteiger partial charge >= 0.3 is 0 Å². The molecule has 0 bridgehead atoms. The Labute approximate surface area is 106 Å². The highest BCUT2D eigenvalue weighted by Crippen LogP contribution is 2.17. The van der Waals surface area contributed by atoms with Crippen molar-refractivity contribution in [3.63, 3.8) is 0 Å². The Morgan fingerprint density at radius 2 is 2.06 bits per heavy atom. The number of anilines is 1. The van der Waals surface area contributed by atoms with Gasteiger partial charge in [0.15, 0.2) is 0 Å². The third kappa shape index (κ3) is 2.20. The molecule has 2 aromatic heterocycles. The third-order valence-corrected chi connectivity index (χ3v) is 3.26. The highest BCUT2D eigenvalue weighted by Gasteiger charge is 2.19. The molecule has 3 heterocycles. The largest absolute Gasteiger partial charge is 0.351 e. The maximum atomic E-state index is 4.43. The Morgan fingerprint density at radius 1 is 1.28 bits per heavy atom. The lowest BCUT2D eigenvalue weighted by molar-refractivity contribution is 0.454. The fourth-order valence-electron chi connectivity index (χ4n) is 2.46. The number of nitrogens with one attached hydrogen (secondary N) is 1. The fraction of sp³-hybridized carbons (Fsp3) is 0.462. The van der Waals surface area contributed by atoms with E-state index in [0.717, 1.165) is 36.7 Å². The topological polar surface area (TPSA) is 55.6 Å². The predicted octanol–water partition coefficient (Wildman–Crippen LogP) is 1.72. The molecule has 2 aromatic rings. The molecule has 0 saturated carbocycles. The summed E-state index contributed by atoms with van der Waals surface area (Å²) in [6, 6.07) is 4.47. The van der Waals surface area contributed by atoms with E-state index in [9.17, 15) is 0 Å². The van der Waals surface area contributed by atoms with Crippen molar-refractivity contribution in [1.82, 2.24) is 19.7 Å². The molecular weight excluding hydrogens is 226 g/mol. The molecule has 5 nitrogen and oxygen atoms in total.